The van der Waals surface area contributed by atoms with Gasteiger partial charge in [0.2, 0.25) is 10.0 Å². The van der Waals surface area contributed by atoms with Crippen molar-refractivity contribution in [2.75, 3.05) is 0 Å². The molecule has 1 aromatic rings. The summed E-state index contributed by atoms with van der Waals surface area (Å²) in [5.41, 5.74) is 0. The van der Waals surface area contributed by atoms with Gasteiger partial charge < -0.3 is 5.32 Å². The highest BCUT2D eigenvalue weighted by atomic mass is 32.2. The molecule has 1 aromatic heterocycles. The molecule has 0 aliphatic heterocycles. The van der Waals surface area contributed by atoms with Gasteiger partial charge in [0.15, 0.2) is 0 Å². The number of amides is 1. The molecule has 0 bridgehead atoms. The predicted molar refractivity (Wildman–Crippen MR) is 83.9 cm³/mol. The van der Waals surface area contributed by atoms with Crippen LogP contribution in [0.25, 0.3) is 0 Å². The average Bonchev–Trinajstić information content (AvgIpc) is 2.81. The molecule has 1 heterocycles. The van der Waals surface area contributed by atoms with Crippen molar-refractivity contribution >= 4 is 27.3 Å². The van der Waals surface area contributed by atoms with Crippen LogP contribution >= 0.6 is 11.3 Å². The van der Waals surface area contributed by atoms with Crippen LogP contribution in [-0.4, -0.2) is 20.4 Å². The molecular weight excluding hydrogens is 308 g/mol. The van der Waals surface area contributed by atoms with Crippen LogP contribution in [0.1, 0.15) is 53.6 Å². The smallest absolute Gasteiger partial charge is 0.261 e. The summed E-state index contributed by atoms with van der Waals surface area (Å²) in [5, 5.41) is 8.17. The Morgan fingerprint density at radius 2 is 2.19 bits per heavy atom. The van der Waals surface area contributed by atoms with Crippen molar-refractivity contribution in [3.05, 3.63) is 15.8 Å². The maximum absolute atomic E-state index is 12.3. The summed E-state index contributed by atoms with van der Waals surface area (Å²) in [5.74, 6) is 0.480. The summed E-state index contributed by atoms with van der Waals surface area (Å²) in [6, 6.07) is 1.57. The third-order valence-corrected chi connectivity index (χ3v) is 6.31. The molecular formula is C14H22N2O3S2. The number of primary sulfonamides is 1. The van der Waals surface area contributed by atoms with E-state index in [9.17, 15) is 13.2 Å². The summed E-state index contributed by atoms with van der Waals surface area (Å²) in [7, 11) is -3.76. The van der Waals surface area contributed by atoms with E-state index in [1.807, 2.05) is 0 Å². The monoisotopic (exact) mass is 330 g/mol. The van der Waals surface area contributed by atoms with Gasteiger partial charge in [-0.25, -0.2) is 13.6 Å². The maximum atomic E-state index is 12.3. The first-order chi connectivity index (χ1) is 9.81. The molecule has 118 valence electrons. The number of sulfonamides is 1. The molecule has 2 rings (SSSR count). The summed E-state index contributed by atoms with van der Waals surface area (Å²) in [4.78, 5) is 13.3. The van der Waals surface area contributed by atoms with Gasteiger partial charge in [-0.1, -0.05) is 26.2 Å². The Morgan fingerprint density at radius 1 is 1.48 bits per heavy atom. The van der Waals surface area contributed by atoms with Gasteiger partial charge in [0.05, 0.1) is 9.77 Å². The van der Waals surface area contributed by atoms with E-state index in [0.717, 1.165) is 25.7 Å². The van der Waals surface area contributed by atoms with Gasteiger partial charge in [-0.15, -0.1) is 11.3 Å². The predicted octanol–water partition coefficient (Wildman–Crippen LogP) is 2.40. The molecule has 1 aliphatic carbocycles. The van der Waals surface area contributed by atoms with Crippen molar-refractivity contribution in [3.8, 4) is 0 Å². The average molecular weight is 330 g/mol. The molecule has 0 saturated heterocycles. The van der Waals surface area contributed by atoms with Gasteiger partial charge in [0.25, 0.3) is 5.91 Å². The number of nitrogens with two attached hydrogens (primary N) is 1. The third-order valence-electron chi connectivity index (χ3n) is 4.10. The fourth-order valence-corrected chi connectivity index (χ4v) is 4.96. The Balaban J connectivity index is 2.07. The first-order valence-electron chi connectivity index (χ1n) is 7.25. The van der Waals surface area contributed by atoms with Crippen LogP contribution in [0.3, 0.4) is 0 Å². The minimum Gasteiger partial charge on any atom is -0.349 e. The fraction of sp³-hybridized carbons (Fsp3) is 0.643. The van der Waals surface area contributed by atoms with Gasteiger partial charge in [-0.2, -0.15) is 0 Å². The molecule has 2 atom stereocenters. The second kappa shape index (κ2) is 6.46. The van der Waals surface area contributed by atoms with Crippen LogP contribution in [-0.2, 0) is 10.0 Å². The first-order valence-corrected chi connectivity index (χ1v) is 9.61. The highest BCUT2D eigenvalue weighted by Gasteiger charge is 2.24. The van der Waals surface area contributed by atoms with Gasteiger partial charge in [-0.05, 0) is 31.7 Å². The molecule has 0 aromatic carbocycles. The molecule has 21 heavy (non-hydrogen) atoms. The molecule has 3 N–H and O–H groups in total. The molecule has 5 nitrogen and oxygen atoms in total. The minimum absolute atomic E-state index is 0.0488. The van der Waals surface area contributed by atoms with Crippen molar-refractivity contribution < 1.29 is 13.2 Å². The van der Waals surface area contributed by atoms with Crippen molar-refractivity contribution in [1.29, 1.82) is 0 Å². The van der Waals surface area contributed by atoms with Gasteiger partial charge in [0.1, 0.15) is 0 Å². The van der Waals surface area contributed by atoms with E-state index in [2.05, 4.69) is 12.2 Å². The van der Waals surface area contributed by atoms with E-state index in [1.165, 1.54) is 23.8 Å². The molecule has 2 unspecified atom stereocenters. The highest BCUT2D eigenvalue weighted by molar-refractivity contribution is 7.89. The van der Waals surface area contributed by atoms with Gasteiger partial charge in [-0.3, -0.25) is 4.79 Å². The van der Waals surface area contributed by atoms with E-state index < -0.39 is 10.0 Å². The Bertz CT molecular complexity index is 622. The van der Waals surface area contributed by atoms with Crippen LogP contribution in [0.15, 0.2) is 11.0 Å². The fourth-order valence-electron chi connectivity index (χ4n) is 2.91. The first kappa shape index (κ1) is 16.5. The number of nitrogens with one attached hydrogen (secondary N) is 1. The Kier molecular flexibility index (Phi) is 5.06. The van der Waals surface area contributed by atoms with Crippen molar-refractivity contribution in [3.63, 3.8) is 0 Å². The van der Waals surface area contributed by atoms with Crippen molar-refractivity contribution in [1.82, 2.24) is 5.32 Å². The largest absolute Gasteiger partial charge is 0.349 e. The van der Waals surface area contributed by atoms with E-state index in [-0.39, 0.29) is 16.8 Å². The van der Waals surface area contributed by atoms with Crippen LogP contribution in [0.5, 0.6) is 0 Å². The Labute approximate surface area is 130 Å². The minimum atomic E-state index is -3.76. The maximum Gasteiger partial charge on any atom is 0.261 e. The zero-order chi connectivity index (χ0) is 15.6. The number of aryl methyl sites for hydroxylation is 1. The zero-order valence-electron chi connectivity index (χ0n) is 12.4. The lowest BCUT2D eigenvalue weighted by molar-refractivity contribution is 0.0923. The second-order valence-electron chi connectivity index (χ2n) is 5.69. The molecule has 0 radical (unpaired) electrons. The molecule has 1 fully saturated rings. The number of carbonyl (C=O) groups excluding carboxylic acids is 1. The zero-order valence-corrected chi connectivity index (χ0v) is 14.0. The molecule has 7 heteroatoms. The summed E-state index contributed by atoms with van der Waals surface area (Å²) < 4.78 is 22.8. The lowest BCUT2D eigenvalue weighted by atomic mass is 9.84. The van der Waals surface area contributed by atoms with Crippen LogP contribution in [0, 0.1) is 12.8 Å². The number of hydrogen-bond acceptors (Lipinski definition) is 4. The van der Waals surface area contributed by atoms with Gasteiger partial charge >= 0.3 is 0 Å². The summed E-state index contributed by atoms with van der Waals surface area (Å²) in [6.07, 6.45) is 5.51. The summed E-state index contributed by atoms with van der Waals surface area (Å²) >= 11 is 1.17. The summed E-state index contributed by atoms with van der Waals surface area (Å²) in [6.45, 7) is 3.84. The highest BCUT2D eigenvalue weighted by Crippen LogP contribution is 2.28. The normalized spacial score (nSPS) is 23.0. The Morgan fingerprint density at radius 3 is 2.76 bits per heavy atom. The number of carbonyl (C=O) groups is 1. The van der Waals surface area contributed by atoms with Gasteiger partial charge in [0, 0.05) is 10.9 Å². The molecule has 1 amide bonds. The second-order valence-corrected chi connectivity index (χ2v) is 8.47. The van der Waals surface area contributed by atoms with E-state index in [1.54, 1.807) is 6.92 Å². The standard InChI is InChI=1S/C14H22N2O3S2/c1-3-10-5-4-6-11(7-10)16-14(17)12-8-13(9(2)20-12)21(15,18)19/h8,10-11H,3-7H2,1-2H3,(H,16,17)(H2,15,18,19). The third kappa shape index (κ3) is 4.05. The lowest BCUT2D eigenvalue weighted by Gasteiger charge is -2.28. The number of rotatable bonds is 4. The van der Waals surface area contributed by atoms with Crippen molar-refractivity contribution in [2.24, 2.45) is 11.1 Å². The lowest BCUT2D eigenvalue weighted by Crippen LogP contribution is -2.38. The van der Waals surface area contributed by atoms with E-state index in [0.29, 0.717) is 15.7 Å². The van der Waals surface area contributed by atoms with Crippen molar-refractivity contribution in [2.45, 2.75) is 56.9 Å². The van der Waals surface area contributed by atoms with E-state index >= 15 is 0 Å². The van der Waals surface area contributed by atoms with E-state index in [4.69, 9.17) is 5.14 Å². The molecule has 1 saturated carbocycles. The SMILES string of the molecule is CCC1CCCC(NC(=O)c2cc(S(N)(=O)=O)c(C)s2)C1. The topological polar surface area (TPSA) is 89.3 Å². The molecule has 1 aliphatic rings. The quantitative estimate of drug-likeness (QED) is 0.888. The molecule has 0 spiro atoms. The number of hydrogen-bond donors (Lipinski definition) is 2. The number of thiophene rings is 1. The van der Waals surface area contributed by atoms with Crippen LogP contribution < -0.4 is 10.5 Å². The van der Waals surface area contributed by atoms with Crippen LogP contribution in [0.2, 0.25) is 0 Å². The Hall–Kier alpha value is -0.920. The van der Waals surface area contributed by atoms with Crippen LogP contribution in [0.4, 0.5) is 0 Å².